The second-order valence-corrected chi connectivity index (χ2v) is 7.68. The van der Waals surface area contributed by atoms with Crippen molar-refractivity contribution in [1.82, 2.24) is 4.98 Å². The van der Waals surface area contributed by atoms with Gasteiger partial charge in [-0.1, -0.05) is 60.7 Å². The van der Waals surface area contributed by atoms with Gasteiger partial charge in [-0.25, -0.2) is 0 Å². The predicted molar refractivity (Wildman–Crippen MR) is 124 cm³/mol. The van der Waals surface area contributed by atoms with E-state index in [4.69, 9.17) is 4.42 Å². The van der Waals surface area contributed by atoms with Gasteiger partial charge >= 0.3 is 0 Å². The first-order valence-corrected chi connectivity index (χ1v) is 10.2. The molecular weight excluding hydrogens is 366 g/mol. The topological polar surface area (TPSA) is 26.0 Å². The van der Waals surface area contributed by atoms with Crippen LogP contribution < -0.4 is 0 Å². The van der Waals surface area contributed by atoms with E-state index in [-0.39, 0.29) is 0 Å². The van der Waals surface area contributed by atoms with E-state index in [9.17, 15) is 0 Å². The summed E-state index contributed by atoms with van der Waals surface area (Å²) in [5, 5.41) is 4.75. The molecule has 30 heavy (non-hydrogen) atoms. The zero-order chi connectivity index (χ0) is 19.9. The minimum absolute atomic E-state index is 0.901. The van der Waals surface area contributed by atoms with Crippen LogP contribution >= 0.6 is 0 Å². The lowest BCUT2D eigenvalue weighted by atomic mass is 10.0. The Kier molecular flexibility index (Phi) is 3.88. The van der Waals surface area contributed by atoms with Crippen LogP contribution in [0.5, 0.6) is 0 Å². The van der Waals surface area contributed by atoms with Gasteiger partial charge in [0.1, 0.15) is 11.2 Å². The van der Waals surface area contributed by atoms with Gasteiger partial charge in [0.2, 0.25) is 0 Å². The van der Waals surface area contributed by atoms with Gasteiger partial charge in [0.25, 0.3) is 0 Å². The van der Waals surface area contributed by atoms with Gasteiger partial charge in [0.05, 0.1) is 5.69 Å². The molecule has 0 atom stereocenters. The largest absolute Gasteiger partial charge is 0.456 e. The van der Waals surface area contributed by atoms with Crippen molar-refractivity contribution in [2.75, 3.05) is 0 Å². The van der Waals surface area contributed by atoms with Crippen molar-refractivity contribution in [3.8, 4) is 11.3 Å². The zero-order valence-corrected chi connectivity index (χ0v) is 16.4. The first-order valence-electron chi connectivity index (χ1n) is 10.2. The molecule has 0 fully saturated rings. The van der Waals surface area contributed by atoms with Gasteiger partial charge in [-0.05, 0) is 64.7 Å². The second kappa shape index (κ2) is 6.85. The summed E-state index contributed by atoms with van der Waals surface area (Å²) in [7, 11) is 0. The number of hydrogen-bond acceptors (Lipinski definition) is 2. The third-order valence-corrected chi connectivity index (χ3v) is 5.73. The maximum atomic E-state index is 6.13. The Morgan fingerprint density at radius 2 is 1.47 bits per heavy atom. The summed E-state index contributed by atoms with van der Waals surface area (Å²) in [6, 6.07) is 33.8. The van der Waals surface area contributed by atoms with Gasteiger partial charge < -0.3 is 4.42 Å². The van der Waals surface area contributed by atoms with Crippen LogP contribution in [-0.4, -0.2) is 4.98 Å². The fourth-order valence-electron chi connectivity index (χ4n) is 4.28. The van der Waals surface area contributed by atoms with Crippen LogP contribution in [0, 0.1) is 0 Å². The lowest BCUT2D eigenvalue weighted by Gasteiger charge is -2.06. The van der Waals surface area contributed by atoms with E-state index in [0.717, 1.165) is 34.2 Å². The number of fused-ring (bicyclic) bond motifs is 5. The molecule has 0 spiro atoms. The van der Waals surface area contributed by atoms with Crippen LogP contribution in [0.2, 0.25) is 0 Å². The molecule has 0 aliphatic carbocycles. The van der Waals surface area contributed by atoms with E-state index in [1.165, 1.54) is 27.3 Å². The predicted octanol–water partition coefficient (Wildman–Crippen LogP) is 7.39. The Balaban J connectivity index is 1.49. The number of aromatic nitrogens is 1. The van der Waals surface area contributed by atoms with Crippen molar-refractivity contribution in [3.63, 3.8) is 0 Å². The quantitative estimate of drug-likeness (QED) is 0.317. The molecule has 2 heteroatoms. The summed E-state index contributed by atoms with van der Waals surface area (Å²) in [6.07, 6.45) is 2.80. The normalized spacial score (nSPS) is 11.5. The molecule has 6 aromatic rings. The van der Waals surface area contributed by atoms with Crippen LogP contribution in [-0.2, 0) is 6.42 Å². The number of nitrogens with zero attached hydrogens (tertiary/aromatic N) is 1. The molecule has 0 N–H and O–H groups in total. The van der Waals surface area contributed by atoms with Crippen LogP contribution in [0.1, 0.15) is 11.1 Å². The highest BCUT2D eigenvalue weighted by Crippen LogP contribution is 2.36. The minimum Gasteiger partial charge on any atom is -0.456 e. The SMILES string of the molecule is c1ccc(Cc2ccnc(-c3ccc4oc5ccc6ccccc6c5c4c3)c2)cc1. The first-order chi connectivity index (χ1) is 14.8. The Morgan fingerprint density at radius 1 is 0.633 bits per heavy atom. The number of furan rings is 1. The van der Waals surface area contributed by atoms with E-state index in [0.29, 0.717) is 0 Å². The van der Waals surface area contributed by atoms with Gasteiger partial charge in [0.15, 0.2) is 0 Å². The molecule has 2 heterocycles. The van der Waals surface area contributed by atoms with Gasteiger partial charge in [-0.15, -0.1) is 0 Å². The highest BCUT2D eigenvalue weighted by Gasteiger charge is 2.12. The van der Waals surface area contributed by atoms with E-state index in [1.807, 2.05) is 6.20 Å². The highest BCUT2D eigenvalue weighted by molar-refractivity contribution is 6.19. The van der Waals surface area contributed by atoms with E-state index in [2.05, 4.69) is 102 Å². The Morgan fingerprint density at radius 3 is 2.40 bits per heavy atom. The lowest BCUT2D eigenvalue weighted by Crippen LogP contribution is -1.91. The molecule has 0 aliphatic heterocycles. The van der Waals surface area contributed by atoms with Crippen LogP contribution in [0.25, 0.3) is 44.0 Å². The molecule has 4 aromatic carbocycles. The molecule has 142 valence electrons. The van der Waals surface area contributed by atoms with E-state index < -0.39 is 0 Å². The summed E-state index contributed by atoms with van der Waals surface area (Å²) in [5.74, 6) is 0. The van der Waals surface area contributed by atoms with Crippen molar-refractivity contribution in [1.29, 1.82) is 0 Å². The molecule has 0 aliphatic rings. The van der Waals surface area contributed by atoms with Crippen molar-refractivity contribution in [2.24, 2.45) is 0 Å². The molecule has 2 nitrogen and oxygen atoms in total. The van der Waals surface area contributed by atoms with E-state index in [1.54, 1.807) is 0 Å². The Labute approximate surface area is 174 Å². The maximum Gasteiger partial charge on any atom is 0.136 e. The molecule has 0 saturated carbocycles. The molecule has 0 bridgehead atoms. The standard InChI is InChI=1S/C28H19NO/c1-2-6-19(7-3-1)16-20-14-15-29-25(17-20)22-11-12-26-24(18-22)28-23-9-5-4-8-21(23)10-13-27(28)30-26/h1-15,17-18H,16H2. The second-order valence-electron chi connectivity index (χ2n) is 7.68. The van der Waals surface area contributed by atoms with Crippen LogP contribution in [0.4, 0.5) is 0 Å². The monoisotopic (exact) mass is 385 g/mol. The van der Waals surface area contributed by atoms with Crippen molar-refractivity contribution >= 4 is 32.7 Å². The fraction of sp³-hybridized carbons (Fsp3) is 0.0357. The molecule has 0 unspecified atom stereocenters. The third kappa shape index (κ3) is 2.85. The van der Waals surface area contributed by atoms with Crippen molar-refractivity contribution in [2.45, 2.75) is 6.42 Å². The van der Waals surface area contributed by atoms with Gasteiger partial charge in [-0.2, -0.15) is 0 Å². The number of hydrogen-bond donors (Lipinski definition) is 0. The Hall–Kier alpha value is -3.91. The number of benzene rings is 4. The first kappa shape index (κ1) is 17.0. The molecule has 6 rings (SSSR count). The van der Waals surface area contributed by atoms with Crippen molar-refractivity contribution in [3.05, 3.63) is 114 Å². The lowest BCUT2D eigenvalue weighted by molar-refractivity contribution is 0.669. The maximum absolute atomic E-state index is 6.13. The smallest absolute Gasteiger partial charge is 0.136 e. The summed E-state index contributed by atoms with van der Waals surface area (Å²) in [4.78, 5) is 4.65. The summed E-state index contributed by atoms with van der Waals surface area (Å²) >= 11 is 0. The number of rotatable bonds is 3. The van der Waals surface area contributed by atoms with Gasteiger partial charge in [-0.3, -0.25) is 4.98 Å². The summed E-state index contributed by atoms with van der Waals surface area (Å²) in [5.41, 5.74) is 6.48. The zero-order valence-electron chi connectivity index (χ0n) is 16.4. The fourth-order valence-corrected chi connectivity index (χ4v) is 4.28. The Bertz CT molecular complexity index is 1510. The summed E-state index contributed by atoms with van der Waals surface area (Å²) < 4.78 is 6.13. The molecule has 0 radical (unpaired) electrons. The molecule has 2 aromatic heterocycles. The van der Waals surface area contributed by atoms with Gasteiger partial charge in [0, 0.05) is 22.5 Å². The van der Waals surface area contributed by atoms with Crippen LogP contribution in [0.15, 0.2) is 108 Å². The molecular formula is C28H19NO. The molecule has 0 saturated heterocycles. The highest BCUT2D eigenvalue weighted by atomic mass is 16.3. The third-order valence-electron chi connectivity index (χ3n) is 5.73. The summed E-state index contributed by atoms with van der Waals surface area (Å²) in [6.45, 7) is 0. The van der Waals surface area contributed by atoms with E-state index >= 15 is 0 Å². The molecule has 0 amide bonds. The number of pyridine rings is 1. The average Bonchev–Trinajstić information content (AvgIpc) is 3.18. The van der Waals surface area contributed by atoms with Crippen LogP contribution in [0.3, 0.4) is 0 Å². The average molecular weight is 385 g/mol. The minimum atomic E-state index is 0.901. The van der Waals surface area contributed by atoms with Crippen molar-refractivity contribution < 1.29 is 4.42 Å².